The first kappa shape index (κ1) is 32.5. The molecule has 2 N–H and O–H groups in total. The molecule has 0 atom stereocenters. The Morgan fingerprint density at radius 1 is 0.415 bits per heavy atom. The van der Waals surface area contributed by atoms with Crippen molar-refractivity contribution in [2.45, 2.75) is 0 Å². The second-order valence-corrected chi connectivity index (χ2v) is 12.1. The number of carbonyl (C=O) groups excluding carboxylic acids is 6. The highest BCUT2D eigenvalue weighted by Crippen LogP contribution is 2.31. The van der Waals surface area contributed by atoms with E-state index in [1.54, 1.807) is 109 Å². The number of carbonyl (C=O) groups is 6. The van der Waals surface area contributed by atoms with Gasteiger partial charge in [-0.05, 0) is 109 Å². The number of para-hydroxylation sites is 2. The topological polar surface area (TPSA) is 142 Å². The van der Waals surface area contributed by atoms with Crippen LogP contribution in [0, 0.1) is 0 Å². The first-order valence-electron chi connectivity index (χ1n) is 16.4. The molecule has 2 heterocycles. The molecule has 0 bridgehead atoms. The van der Waals surface area contributed by atoms with Gasteiger partial charge in [-0.15, -0.1) is 0 Å². The molecule has 2 aliphatic rings. The largest absolute Gasteiger partial charge is 0.457 e. The summed E-state index contributed by atoms with van der Waals surface area (Å²) in [6, 6.07) is 39.4. The summed E-state index contributed by atoms with van der Waals surface area (Å²) in [7, 11) is 0. The minimum absolute atomic E-state index is 0.161. The Morgan fingerprint density at radius 3 is 1.15 bits per heavy atom. The van der Waals surface area contributed by atoms with E-state index < -0.39 is 35.4 Å². The highest BCUT2D eigenvalue weighted by molar-refractivity contribution is 6.35. The highest BCUT2D eigenvalue weighted by Gasteiger charge is 2.38. The van der Waals surface area contributed by atoms with Gasteiger partial charge in [-0.1, -0.05) is 36.4 Å². The number of anilines is 4. The first-order valence-corrected chi connectivity index (χ1v) is 16.4. The van der Waals surface area contributed by atoms with E-state index in [4.69, 9.17) is 4.74 Å². The van der Waals surface area contributed by atoms with Gasteiger partial charge in [0.05, 0.1) is 33.6 Å². The zero-order chi connectivity index (χ0) is 36.6. The molecule has 256 valence electrons. The van der Waals surface area contributed by atoms with Crippen LogP contribution in [0.3, 0.4) is 0 Å². The summed E-state index contributed by atoms with van der Waals surface area (Å²) in [5.74, 6) is -1.79. The van der Waals surface area contributed by atoms with Crippen molar-refractivity contribution < 1.29 is 33.5 Å². The third kappa shape index (κ3) is 6.08. The molecule has 0 radical (unpaired) electrons. The van der Waals surface area contributed by atoms with Crippen LogP contribution in [0.15, 0.2) is 146 Å². The van der Waals surface area contributed by atoms with Crippen molar-refractivity contribution in [3.8, 4) is 11.5 Å². The molecular weight excluding hydrogens is 672 g/mol. The Morgan fingerprint density at radius 2 is 0.774 bits per heavy atom. The van der Waals surface area contributed by atoms with Gasteiger partial charge < -0.3 is 15.4 Å². The molecule has 2 aliphatic heterocycles. The van der Waals surface area contributed by atoms with Gasteiger partial charge in [0.15, 0.2) is 0 Å². The zero-order valence-corrected chi connectivity index (χ0v) is 27.6. The lowest BCUT2D eigenvalue weighted by Gasteiger charge is -2.13. The van der Waals surface area contributed by atoms with Crippen LogP contribution in [-0.2, 0) is 0 Å². The number of rotatable bonds is 8. The number of benzene rings is 6. The Kier molecular flexibility index (Phi) is 8.12. The maximum Gasteiger partial charge on any atom is 0.266 e. The predicted molar refractivity (Wildman–Crippen MR) is 197 cm³/mol. The van der Waals surface area contributed by atoms with E-state index in [0.717, 1.165) is 9.80 Å². The molecule has 0 aliphatic carbocycles. The van der Waals surface area contributed by atoms with Gasteiger partial charge in [-0.25, -0.2) is 9.80 Å². The molecule has 8 rings (SSSR count). The lowest BCUT2D eigenvalue weighted by Crippen LogP contribution is -2.29. The van der Waals surface area contributed by atoms with Gasteiger partial charge in [0.25, 0.3) is 35.4 Å². The maximum atomic E-state index is 13.1. The normalized spacial score (nSPS) is 13.1. The average Bonchev–Trinajstić information content (AvgIpc) is 3.59. The Hall–Kier alpha value is -7.66. The summed E-state index contributed by atoms with van der Waals surface area (Å²) in [5.41, 5.74) is 3.12. The molecule has 11 heteroatoms. The summed E-state index contributed by atoms with van der Waals surface area (Å²) in [5, 5.41) is 5.59. The van der Waals surface area contributed by atoms with E-state index in [-0.39, 0.29) is 33.4 Å². The fraction of sp³-hybridized carbons (Fsp3) is 0. The molecule has 53 heavy (non-hydrogen) atoms. The number of fused-ring (bicyclic) bond motifs is 2. The van der Waals surface area contributed by atoms with Crippen molar-refractivity contribution in [1.82, 2.24) is 0 Å². The van der Waals surface area contributed by atoms with Crippen LogP contribution >= 0.6 is 0 Å². The summed E-state index contributed by atoms with van der Waals surface area (Å²) >= 11 is 0. The van der Waals surface area contributed by atoms with E-state index >= 15 is 0 Å². The van der Waals surface area contributed by atoms with Gasteiger partial charge >= 0.3 is 0 Å². The number of ether oxygens (including phenoxy) is 1. The molecule has 0 fully saturated rings. The minimum atomic E-state index is -0.491. The number of nitrogens with zero attached hydrogens (tertiary/aromatic N) is 2. The molecule has 6 amide bonds. The Balaban J connectivity index is 0.875. The number of hydrogen-bond donors (Lipinski definition) is 2. The van der Waals surface area contributed by atoms with E-state index in [0.29, 0.717) is 34.2 Å². The van der Waals surface area contributed by atoms with Crippen molar-refractivity contribution in [2.24, 2.45) is 0 Å². The Labute approximate surface area is 302 Å². The molecule has 0 saturated carbocycles. The third-order valence-electron chi connectivity index (χ3n) is 8.79. The Bertz CT molecular complexity index is 2310. The fourth-order valence-corrected chi connectivity index (χ4v) is 6.14. The van der Waals surface area contributed by atoms with E-state index in [2.05, 4.69) is 10.6 Å². The summed E-state index contributed by atoms with van der Waals surface area (Å²) in [4.78, 5) is 80.3. The molecule has 0 saturated heterocycles. The SMILES string of the molecule is O=C(Nc1ccc(Oc2ccc(NC(=O)c3ccc4c(c3)C(=O)N(c3ccccc3)C4=O)cc2)cc1)c1ccc2c(c1)C(=O)N(c1ccccc1)C2=O. The molecule has 11 nitrogen and oxygen atoms in total. The molecule has 0 spiro atoms. The third-order valence-corrected chi connectivity index (χ3v) is 8.79. The van der Waals surface area contributed by atoms with Gasteiger partial charge in [-0.3, -0.25) is 28.8 Å². The van der Waals surface area contributed by atoms with Gasteiger partial charge in [0, 0.05) is 22.5 Å². The number of hydrogen-bond acceptors (Lipinski definition) is 7. The zero-order valence-electron chi connectivity index (χ0n) is 27.6. The molecule has 6 aromatic carbocycles. The minimum Gasteiger partial charge on any atom is -0.457 e. The number of amides is 6. The van der Waals surface area contributed by atoms with Crippen LogP contribution in [0.5, 0.6) is 11.5 Å². The number of nitrogens with one attached hydrogen (secondary N) is 2. The molecular formula is C42H26N4O7. The standard InChI is InChI=1S/C42H26N4O7/c47-37(25-11-21-33-35(23-25)41(51)45(39(33)49)29-7-3-1-4-8-29)43-27-13-17-31(18-14-27)53-32-19-15-28(16-20-32)44-38(48)26-12-22-34-36(24-26)42(52)46(40(34)50)30-9-5-2-6-10-30/h1-24H,(H,43,47)(H,44,48). The highest BCUT2D eigenvalue weighted by atomic mass is 16.5. The second kappa shape index (κ2) is 13.2. The van der Waals surface area contributed by atoms with Crippen LogP contribution < -0.4 is 25.2 Å². The van der Waals surface area contributed by atoms with Crippen molar-refractivity contribution >= 4 is 58.2 Å². The van der Waals surface area contributed by atoms with Crippen LogP contribution in [0.1, 0.15) is 62.1 Å². The van der Waals surface area contributed by atoms with Crippen molar-refractivity contribution in [1.29, 1.82) is 0 Å². The lowest BCUT2D eigenvalue weighted by atomic mass is 10.1. The maximum absolute atomic E-state index is 13.1. The first-order chi connectivity index (χ1) is 25.7. The van der Waals surface area contributed by atoms with Gasteiger partial charge in [-0.2, -0.15) is 0 Å². The summed E-state index contributed by atoms with van der Waals surface area (Å²) < 4.78 is 5.93. The summed E-state index contributed by atoms with van der Waals surface area (Å²) in [6.07, 6.45) is 0. The average molecular weight is 699 g/mol. The van der Waals surface area contributed by atoms with Gasteiger partial charge in [0.1, 0.15) is 11.5 Å². The van der Waals surface area contributed by atoms with Crippen LogP contribution in [0.4, 0.5) is 22.7 Å². The van der Waals surface area contributed by atoms with E-state index in [1.165, 1.54) is 36.4 Å². The van der Waals surface area contributed by atoms with Gasteiger partial charge in [0.2, 0.25) is 0 Å². The van der Waals surface area contributed by atoms with Crippen LogP contribution in [0.2, 0.25) is 0 Å². The second-order valence-electron chi connectivity index (χ2n) is 12.1. The smallest absolute Gasteiger partial charge is 0.266 e. The number of imide groups is 2. The molecule has 0 unspecified atom stereocenters. The quantitative estimate of drug-likeness (QED) is 0.156. The van der Waals surface area contributed by atoms with Crippen molar-refractivity contribution in [2.75, 3.05) is 20.4 Å². The summed E-state index contributed by atoms with van der Waals surface area (Å²) in [6.45, 7) is 0. The van der Waals surface area contributed by atoms with Crippen LogP contribution in [0.25, 0.3) is 0 Å². The fourth-order valence-electron chi connectivity index (χ4n) is 6.14. The monoisotopic (exact) mass is 698 g/mol. The lowest BCUT2D eigenvalue weighted by molar-refractivity contribution is 0.0910. The van der Waals surface area contributed by atoms with E-state index in [9.17, 15) is 28.8 Å². The molecule has 0 aromatic heterocycles. The van der Waals surface area contributed by atoms with Crippen molar-refractivity contribution in [3.63, 3.8) is 0 Å². The van der Waals surface area contributed by atoms with E-state index in [1.807, 2.05) is 0 Å². The van der Waals surface area contributed by atoms with Crippen molar-refractivity contribution in [3.05, 3.63) is 179 Å². The van der Waals surface area contributed by atoms with Crippen LogP contribution in [-0.4, -0.2) is 35.4 Å². The predicted octanol–water partition coefficient (Wildman–Crippen LogP) is 7.58. The molecule has 6 aromatic rings.